The van der Waals surface area contributed by atoms with Gasteiger partial charge < -0.3 is 15.7 Å². The minimum atomic E-state index is -2.50. The molecule has 0 radical (unpaired) electrons. The SMILES string of the molecule is Cc1nc(N)cc(N(CCO)CC(F)F)n1. The van der Waals surface area contributed by atoms with Crippen LogP contribution in [0.3, 0.4) is 0 Å². The van der Waals surface area contributed by atoms with Crippen molar-refractivity contribution in [1.82, 2.24) is 9.97 Å². The molecule has 7 heteroatoms. The molecule has 0 bridgehead atoms. The average molecular weight is 232 g/mol. The van der Waals surface area contributed by atoms with Crippen LogP contribution in [-0.4, -0.2) is 41.2 Å². The van der Waals surface area contributed by atoms with Gasteiger partial charge in [-0.3, -0.25) is 0 Å². The van der Waals surface area contributed by atoms with E-state index in [0.29, 0.717) is 11.6 Å². The highest BCUT2D eigenvalue weighted by Gasteiger charge is 2.14. The normalized spacial score (nSPS) is 10.8. The first-order valence-corrected chi connectivity index (χ1v) is 4.78. The summed E-state index contributed by atoms with van der Waals surface area (Å²) < 4.78 is 24.6. The molecule has 0 unspecified atom stereocenters. The highest BCUT2D eigenvalue weighted by Crippen LogP contribution is 2.14. The van der Waals surface area contributed by atoms with Crippen molar-refractivity contribution in [3.05, 3.63) is 11.9 Å². The van der Waals surface area contributed by atoms with Gasteiger partial charge in [-0.15, -0.1) is 0 Å². The monoisotopic (exact) mass is 232 g/mol. The molecule has 0 fully saturated rings. The highest BCUT2D eigenvalue weighted by atomic mass is 19.3. The molecule has 0 amide bonds. The van der Waals surface area contributed by atoms with E-state index in [-0.39, 0.29) is 19.0 Å². The van der Waals surface area contributed by atoms with E-state index in [4.69, 9.17) is 10.8 Å². The summed E-state index contributed by atoms with van der Waals surface area (Å²) in [5.74, 6) is 0.936. The molecular formula is C9H14F2N4O. The van der Waals surface area contributed by atoms with Gasteiger partial charge in [0.1, 0.15) is 17.5 Å². The fourth-order valence-electron chi connectivity index (χ4n) is 1.32. The van der Waals surface area contributed by atoms with E-state index in [1.165, 1.54) is 11.0 Å². The number of nitrogen functional groups attached to an aromatic ring is 1. The van der Waals surface area contributed by atoms with Crippen LogP contribution in [0.25, 0.3) is 0 Å². The number of halogens is 2. The molecular weight excluding hydrogens is 218 g/mol. The third kappa shape index (κ3) is 3.58. The Labute approximate surface area is 91.9 Å². The first kappa shape index (κ1) is 12.6. The highest BCUT2D eigenvalue weighted by molar-refractivity contribution is 5.46. The van der Waals surface area contributed by atoms with E-state index >= 15 is 0 Å². The molecule has 0 saturated heterocycles. The van der Waals surface area contributed by atoms with E-state index in [1.54, 1.807) is 6.92 Å². The van der Waals surface area contributed by atoms with Crippen molar-refractivity contribution in [2.45, 2.75) is 13.3 Å². The lowest BCUT2D eigenvalue weighted by Gasteiger charge is -2.22. The van der Waals surface area contributed by atoms with Gasteiger partial charge in [-0.2, -0.15) is 0 Å². The molecule has 0 aromatic carbocycles. The van der Waals surface area contributed by atoms with Crippen LogP contribution in [0, 0.1) is 6.92 Å². The molecule has 0 aliphatic carbocycles. The second kappa shape index (κ2) is 5.55. The molecule has 3 N–H and O–H groups in total. The number of nitrogens with two attached hydrogens (primary N) is 1. The summed E-state index contributed by atoms with van der Waals surface area (Å²) in [7, 11) is 0. The fraction of sp³-hybridized carbons (Fsp3) is 0.556. The molecule has 0 aliphatic rings. The van der Waals surface area contributed by atoms with Crippen LogP contribution in [-0.2, 0) is 0 Å². The number of hydrogen-bond acceptors (Lipinski definition) is 5. The first-order chi connectivity index (χ1) is 7.52. The minimum Gasteiger partial charge on any atom is -0.395 e. The lowest BCUT2D eigenvalue weighted by atomic mass is 10.4. The Hall–Kier alpha value is -1.50. The molecule has 1 aromatic rings. The maximum absolute atomic E-state index is 12.3. The van der Waals surface area contributed by atoms with Crippen LogP contribution in [0.2, 0.25) is 0 Å². The largest absolute Gasteiger partial charge is 0.395 e. The van der Waals surface area contributed by atoms with Crippen LogP contribution in [0.1, 0.15) is 5.82 Å². The van der Waals surface area contributed by atoms with Crippen LogP contribution >= 0.6 is 0 Å². The van der Waals surface area contributed by atoms with E-state index in [0.717, 1.165) is 0 Å². The quantitative estimate of drug-likeness (QED) is 0.770. The van der Waals surface area contributed by atoms with Gasteiger partial charge in [0.15, 0.2) is 0 Å². The molecule has 1 aromatic heterocycles. The molecule has 1 heterocycles. The van der Waals surface area contributed by atoms with Crippen LogP contribution in [0.15, 0.2) is 6.07 Å². The smallest absolute Gasteiger partial charge is 0.255 e. The Bertz CT molecular complexity index is 328. The van der Waals surface area contributed by atoms with E-state index in [9.17, 15) is 8.78 Å². The summed E-state index contributed by atoms with van der Waals surface area (Å²) in [6.45, 7) is 0.992. The Kier molecular flexibility index (Phi) is 4.36. The molecule has 1 rings (SSSR count). The second-order valence-electron chi connectivity index (χ2n) is 3.26. The number of alkyl halides is 2. The van der Waals surface area contributed by atoms with Crippen molar-refractivity contribution in [1.29, 1.82) is 0 Å². The predicted molar refractivity (Wildman–Crippen MR) is 56.5 cm³/mol. The summed E-state index contributed by atoms with van der Waals surface area (Å²) in [5.41, 5.74) is 5.50. The zero-order valence-electron chi connectivity index (χ0n) is 8.90. The number of rotatable bonds is 5. The summed E-state index contributed by atoms with van der Waals surface area (Å²) >= 11 is 0. The number of aryl methyl sites for hydroxylation is 1. The Morgan fingerprint density at radius 3 is 2.69 bits per heavy atom. The third-order valence-corrected chi connectivity index (χ3v) is 1.90. The predicted octanol–water partition coefficient (Wildman–Crippen LogP) is 0.431. The molecule has 90 valence electrons. The van der Waals surface area contributed by atoms with Crippen molar-refractivity contribution in [3.63, 3.8) is 0 Å². The Balaban J connectivity index is 2.90. The molecule has 0 spiro atoms. The van der Waals surface area contributed by atoms with E-state index < -0.39 is 13.0 Å². The minimum absolute atomic E-state index is 0.0836. The van der Waals surface area contributed by atoms with Crippen LogP contribution in [0.4, 0.5) is 20.4 Å². The summed E-state index contributed by atoms with van der Waals surface area (Å²) in [6.07, 6.45) is -2.50. The number of anilines is 2. The molecule has 16 heavy (non-hydrogen) atoms. The molecule has 5 nitrogen and oxygen atoms in total. The molecule has 0 atom stereocenters. The fourth-order valence-corrected chi connectivity index (χ4v) is 1.32. The van der Waals surface area contributed by atoms with Crippen molar-refractivity contribution in [2.75, 3.05) is 30.3 Å². The van der Waals surface area contributed by atoms with Gasteiger partial charge >= 0.3 is 0 Å². The van der Waals surface area contributed by atoms with Crippen molar-refractivity contribution >= 4 is 11.6 Å². The van der Waals surface area contributed by atoms with E-state index in [1.807, 2.05) is 0 Å². The van der Waals surface area contributed by atoms with Gasteiger partial charge in [0.2, 0.25) is 0 Å². The maximum atomic E-state index is 12.3. The summed E-state index contributed by atoms with van der Waals surface area (Å²) in [6, 6.07) is 1.41. The number of hydrogen-bond donors (Lipinski definition) is 2. The molecule has 0 saturated carbocycles. The third-order valence-electron chi connectivity index (χ3n) is 1.90. The summed E-state index contributed by atoms with van der Waals surface area (Å²) in [4.78, 5) is 9.12. The lowest BCUT2D eigenvalue weighted by molar-refractivity contribution is 0.152. The molecule has 0 aliphatic heterocycles. The van der Waals surface area contributed by atoms with Gasteiger partial charge in [0.25, 0.3) is 6.43 Å². The van der Waals surface area contributed by atoms with Crippen molar-refractivity contribution < 1.29 is 13.9 Å². The number of nitrogens with zero attached hydrogens (tertiary/aromatic N) is 3. The van der Waals surface area contributed by atoms with Gasteiger partial charge in [0, 0.05) is 12.6 Å². The Morgan fingerprint density at radius 1 is 1.50 bits per heavy atom. The van der Waals surface area contributed by atoms with Crippen molar-refractivity contribution in [3.8, 4) is 0 Å². The van der Waals surface area contributed by atoms with Gasteiger partial charge in [0.05, 0.1) is 13.2 Å². The number of aromatic nitrogens is 2. The van der Waals surface area contributed by atoms with E-state index in [2.05, 4.69) is 9.97 Å². The zero-order valence-corrected chi connectivity index (χ0v) is 8.90. The standard InChI is InChI=1S/C9H14F2N4O/c1-6-13-8(12)4-9(14-6)15(2-3-16)5-7(10)11/h4,7,16H,2-3,5H2,1H3,(H2,12,13,14). The Morgan fingerprint density at radius 2 is 2.19 bits per heavy atom. The van der Waals surface area contributed by atoms with Crippen molar-refractivity contribution in [2.24, 2.45) is 0 Å². The number of aliphatic hydroxyl groups is 1. The van der Waals surface area contributed by atoms with Crippen LogP contribution in [0.5, 0.6) is 0 Å². The topological polar surface area (TPSA) is 75.3 Å². The number of aliphatic hydroxyl groups excluding tert-OH is 1. The van der Waals surface area contributed by atoms with Gasteiger partial charge in [-0.25, -0.2) is 18.7 Å². The zero-order chi connectivity index (χ0) is 12.1. The van der Waals surface area contributed by atoms with Crippen LogP contribution < -0.4 is 10.6 Å². The second-order valence-corrected chi connectivity index (χ2v) is 3.26. The lowest BCUT2D eigenvalue weighted by Crippen LogP contribution is -2.32. The summed E-state index contributed by atoms with van der Waals surface area (Å²) in [5, 5.41) is 8.79. The maximum Gasteiger partial charge on any atom is 0.255 e. The van der Waals surface area contributed by atoms with Gasteiger partial charge in [-0.1, -0.05) is 0 Å². The first-order valence-electron chi connectivity index (χ1n) is 4.78. The average Bonchev–Trinajstić information content (AvgIpc) is 2.14. The van der Waals surface area contributed by atoms with Gasteiger partial charge in [-0.05, 0) is 6.92 Å².